The molecule has 0 aliphatic heterocycles. The maximum absolute atomic E-state index is 12.7. The molecule has 0 radical (unpaired) electrons. The summed E-state index contributed by atoms with van der Waals surface area (Å²) in [6.07, 6.45) is 0. The molecule has 0 atom stereocenters. The van der Waals surface area contributed by atoms with Crippen LogP contribution in [0.3, 0.4) is 0 Å². The third-order valence-electron chi connectivity index (χ3n) is 2.38. The van der Waals surface area contributed by atoms with Crippen LogP contribution >= 0.6 is 15.2 Å². The monoisotopic (exact) mass is 556 g/mol. The summed E-state index contributed by atoms with van der Waals surface area (Å²) >= 11 is -2.98. The van der Waals surface area contributed by atoms with Crippen molar-refractivity contribution in [3.63, 3.8) is 0 Å². The first kappa shape index (κ1) is 23.0. The molecule has 0 saturated carbocycles. The van der Waals surface area contributed by atoms with Crippen molar-refractivity contribution in [3.8, 4) is 0 Å². The van der Waals surface area contributed by atoms with Crippen molar-refractivity contribution in [1.29, 1.82) is 0 Å². The van der Waals surface area contributed by atoms with Crippen LogP contribution in [-0.2, 0) is 51.8 Å². The van der Waals surface area contributed by atoms with Gasteiger partial charge in [0.2, 0.25) is 0 Å². The molecule has 0 amide bonds. The average molecular weight is 555 g/mol. The van der Waals surface area contributed by atoms with Crippen LogP contribution in [0.15, 0.2) is 0 Å². The molecule has 0 N–H and O–H groups in total. The second kappa shape index (κ2) is 11.5. The predicted octanol–water partition coefficient (Wildman–Crippen LogP) is 2.77. The number of rotatable bonds is 12. The van der Waals surface area contributed by atoms with Gasteiger partial charge in [0.05, 0.1) is 0 Å². The molecule has 0 aromatic carbocycles. The van der Waals surface area contributed by atoms with E-state index in [0.717, 1.165) is 0 Å². The van der Waals surface area contributed by atoms with Gasteiger partial charge in [-0.1, -0.05) is 0 Å². The van der Waals surface area contributed by atoms with E-state index in [1.54, 1.807) is 27.7 Å². The fourth-order valence-electron chi connectivity index (χ4n) is 1.57. The summed E-state index contributed by atoms with van der Waals surface area (Å²) < 4.78 is 45.2. The van der Waals surface area contributed by atoms with Gasteiger partial charge in [-0.2, -0.15) is 0 Å². The zero-order valence-corrected chi connectivity index (χ0v) is 21.0. The van der Waals surface area contributed by atoms with E-state index in [1.807, 2.05) is 0 Å². The second-order valence-electron chi connectivity index (χ2n) is 3.88. The van der Waals surface area contributed by atoms with E-state index in [4.69, 9.17) is 18.1 Å². The third kappa shape index (κ3) is 6.79. The van der Waals surface area contributed by atoms with Crippen LogP contribution in [0.4, 0.5) is 0 Å². The molecule has 0 aromatic heterocycles. The van der Waals surface area contributed by atoms with Crippen molar-refractivity contribution >= 4 is 21.1 Å². The van der Waals surface area contributed by atoms with Gasteiger partial charge in [-0.05, 0) is 0 Å². The Morgan fingerprint density at radius 1 is 0.783 bits per heavy atom. The molecule has 0 aromatic rings. The molecule has 13 heteroatoms. The Hall–Kier alpha value is -0.00494. The fraction of sp³-hybridized carbons (Fsp3) is 0.800. The fourth-order valence-corrected chi connectivity index (χ4v) is 18.4. The first-order valence-corrected chi connectivity index (χ1v) is 15.7. The number of hydrogen-bond donors (Lipinski definition) is 0. The summed E-state index contributed by atoms with van der Waals surface area (Å²) in [4.78, 5) is 5.99. The Bertz CT molecular complexity index is 518. The van der Waals surface area contributed by atoms with E-state index in [-0.39, 0.29) is 32.4 Å². The quantitative estimate of drug-likeness (QED) is 0.119. The first-order valence-electron chi connectivity index (χ1n) is 7.08. The molecule has 23 heavy (non-hydrogen) atoms. The molecular weight excluding hydrogens is 535 g/mol. The molecule has 10 nitrogen and oxygen atoms in total. The Morgan fingerprint density at radius 3 is 1.22 bits per heavy atom. The predicted molar refractivity (Wildman–Crippen MR) is 79.0 cm³/mol. The molecule has 0 rings (SSSR count). The van der Waals surface area contributed by atoms with Crippen molar-refractivity contribution in [1.82, 2.24) is 0 Å². The van der Waals surface area contributed by atoms with E-state index in [2.05, 4.69) is 9.58 Å². The Kier molecular flexibility index (Phi) is 11.5. The van der Waals surface area contributed by atoms with Gasteiger partial charge in [-0.25, -0.2) is 0 Å². The first-order chi connectivity index (χ1) is 10.9. The summed E-state index contributed by atoms with van der Waals surface area (Å²) in [6, 6.07) is 0. The summed E-state index contributed by atoms with van der Waals surface area (Å²) in [7, 11) is -7.66. The second-order valence-corrected chi connectivity index (χ2v) is 19.1. The topological polar surface area (TPSA) is 144 Å². The standard InChI is InChI=1S/2C5H10N2O3P.Hg/c2*1-3-9-11(8,5-7-6)10-4-2;/h2*3-4H2,1-2H3;. The van der Waals surface area contributed by atoms with E-state index < -0.39 is 39.8 Å². The molecule has 0 fully saturated rings. The van der Waals surface area contributed by atoms with Crippen LogP contribution in [0.25, 0.3) is 11.1 Å². The Morgan fingerprint density at radius 2 is 1.04 bits per heavy atom. The van der Waals surface area contributed by atoms with Crippen molar-refractivity contribution in [2.24, 2.45) is 0 Å². The van der Waals surface area contributed by atoms with Gasteiger partial charge in [0.25, 0.3) is 0 Å². The van der Waals surface area contributed by atoms with Crippen molar-refractivity contribution in [3.05, 3.63) is 11.1 Å². The van der Waals surface area contributed by atoms with Gasteiger partial charge in [0.15, 0.2) is 0 Å². The zero-order chi connectivity index (χ0) is 17.9. The Balaban J connectivity index is 5.68. The van der Waals surface area contributed by atoms with Crippen molar-refractivity contribution in [2.75, 3.05) is 26.4 Å². The van der Waals surface area contributed by atoms with Gasteiger partial charge in [-0.3, -0.25) is 0 Å². The normalized spacial score (nSPS) is 11.3. The van der Waals surface area contributed by atoms with Gasteiger partial charge >= 0.3 is 148 Å². The molecule has 0 heterocycles. The minimum absolute atomic E-state index is 0.0598. The molecule has 0 aliphatic carbocycles. The molecule has 0 bridgehead atoms. The summed E-state index contributed by atoms with van der Waals surface area (Å²) in [5.41, 5.74) is 18.4. The van der Waals surface area contributed by atoms with E-state index in [9.17, 15) is 20.2 Å². The molecule has 0 saturated heterocycles. The van der Waals surface area contributed by atoms with Crippen LogP contribution in [0.2, 0.25) is 0 Å². The summed E-state index contributed by atoms with van der Waals surface area (Å²) in [5.74, 6) is 0. The van der Waals surface area contributed by atoms with Crippen LogP contribution in [-0.4, -0.2) is 41.9 Å². The maximum atomic E-state index is 12.7. The van der Waals surface area contributed by atoms with Crippen molar-refractivity contribution < 1.29 is 61.4 Å². The van der Waals surface area contributed by atoms with Gasteiger partial charge in [-0.15, -0.1) is 0 Å². The van der Waals surface area contributed by atoms with Crippen LogP contribution in [0.1, 0.15) is 27.7 Å². The Labute approximate surface area is 147 Å². The summed E-state index contributed by atoms with van der Waals surface area (Å²) in [5, 5.41) is 0. The van der Waals surface area contributed by atoms with E-state index >= 15 is 0 Å². The molecule has 0 unspecified atom stereocenters. The van der Waals surface area contributed by atoms with Crippen molar-refractivity contribution in [2.45, 2.75) is 27.7 Å². The van der Waals surface area contributed by atoms with Gasteiger partial charge < -0.3 is 0 Å². The third-order valence-corrected chi connectivity index (χ3v) is 21.6. The molecule has 0 aliphatic rings. The SMILES string of the molecule is CCOP(=O)(OCC)[C](=[N+]=[N-])[Hg][C](=[N+]=[N-])P(=O)(OCC)OCC. The number of nitrogens with zero attached hydrogens (tertiary/aromatic N) is 4. The van der Waals surface area contributed by atoms with Gasteiger partial charge in [0.1, 0.15) is 0 Å². The molecular formula is C10H20HgN4O6P2. The number of hydrogen-bond acceptors (Lipinski definition) is 6. The van der Waals surface area contributed by atoms with E-state index in [1.165, 1.54) is 0 Å². The minimum atomic E-state index is -3.83. The average Bonchev–Trinajstić information content (AvgIpc) is 2.49. The zero-order valence-electron chi connectivity index (χ0n) is 13.7. The molecule has 0 spiro atoms. The van der Waals surface area contributed by atoms with Crippen LogP contribution in [0.5, 0.6) is 0 Å². The van der Waals surface area contributed by atoms with E-state index in [0.29, 0.717) is 0 Å². The summed E-state index contributed by atoms with van der Waals surface area (Å²) in [6.45, 7) is 6.64. The van der Waals surface area contributed by atoms with Crippen LogP contribution in [0, 0.1) is 0 Å². The van der Waals surface area contributed by atoms with Crippen LogP contribution < -0.4 is 0 Å². The molecule has 128 valence electrons. The van der Waals surface area contributed by atoms with Gasteiger partial charge in [0, 0.05) is 0 Å².